The summed E-state index contributed by atoms with van der Waals surface area (Å²) in [4.78, 5) is 20.5. The van der Waals surface area contributed by atoms with Crippen molar-refractivity contribution in [2.45, 2.75) is 90.3 Å². The third-order valence-electron chi connectivity index (χ3n) is 7.57. The predicted molar refractivity (Wildman–Crippen MR) is 140 cm³/mol. The molecule has 0 spiro atoms. The van der Waals surface area contributed by atoms with Gasteiger partial charge in [-0.15, -0.1) is 0 Å². The molecule has 7 nitrogen and oxygen atoms in total. The summed E-state index contributed by atoms with van der Waals surface area (Å²) in [7, 11) is 0. The molecule has 1 unspecified atom stereocenters. The number of carbonyl (C=O) groups excluding carboxylic acids is 1. The number of ether oxygens (including phenoxy) is 3. The van der Waals surface area contributed by atoms with E-state index < -0.39 is 0 Å². The van der Waals surface area contributed by atoms with Gasteiger partial charge in [0.1, 0.15) is 5.82 Å². The van der Waals surface area contributed by atoms with E-state index in [1.807, 2.05) is 23.1 Å². The minimum atomic E-state index is -0.0937. The molecule has 1 aromatic heterocycles. The second kappa shape index (κ2) is 11.3. The first-order chi connectivity index (χ1) is 17.5. The Labute approximate surface area is 214 Å². The largest absolute Gasteiger partial charge is 0.376 e. The van der Waals surface area contributed by atoms with Crippen molar-refractivity contribution in [1.29, 1.82) is 0 Å². The Morgan fingerprint density at radius 2 is 2.00 bits per heavy atom. The van der Waals surface area contributed by atoms with Crippen molar-refractivity contribution in [2.24, 2.45) is 5.92 Å². The molecule has 5 rings (SSSR count). The van der Waals surface area contributed by atoms with Gasteiger partial charge >= 0.3 is 0 Å². The van der Waals surface area contributed by atoms with E-state index in [2.05, 4.69) is 43.2 Å². The van der Waals surface area contributed by atoms with Crippen LogP contribution in [0.25, 0.3) is 0 Å². The summed E-state index contributed by atoms with van der Waals surface area (Å²) in [6, 6.07) is 10.2. The molecule has 0 bridgehead atoms. The Morgan fingerprint density at radius 1 is 1.17 bits per heavy atom. The zero-order valence-electron chi connectivity index (χ0n) is 21.7. The van der Waals surface area contributed by atoms with Gasteiger partial charge in [0.05, 0.1) is 48.9 Å². The minimum Gasteiger partial charge on any atom is -0.376 e. The normalized spacial score (nSPS) is 24.6. The molecule has 1 saturated heterocycles. The molecule has 36 heavy (non-hydrogen) atoms. The molecule has 1 aliphatic carbocycles. The van der Waals surface area contributed by atoms with E-state index in [0.717, 1.165) is 73.5 Å². The zero-order chi connectivity index (χ0) is 25.1. The van der Waals surface area contributed by atoms with Gasteiger partial charge < -0.3 is 24.4 Å². The van der Waals surface area contributed by atoms with E-state index >= 15 is 0 Å². The van der Waals surface area contributed by atoms with Crippen LogP contribution in [-0.4, -0.2) is 42.4 Å². The molecule has 7 heteroatoms. The summed E-state index contributed by atoms with van der Waals surface area (Å²) in [5.41, 5.74) is 3.86. The Balaban J connectivity index is 1.37. The molecule has 2 atom stereocenters. The lowest BCUT2D eigenvalue weighted by atomic mass is 9.86. The molecule has 1 saturated carbocycles. The quantitative estimate of drug-likeness (QED) is 0.517. The van der Waals surface area contributed by atoms with E-state index in [0.29, 0.717) is 13.2 Å². The van der Waals surface area contributed by atoms with Gasteiger partial charge in [0, 0.05) is 24.3 Å². The van der Waals surface area contributed by atoms with E-state index in [1.165, 1.54) is 0 Å². The monoisotopic (exact) mass is 493 g/mol. The minimum absolute atomic E-state index is 0.0000661. The first-order valence-electron chi connectivity index (χ1n) is 13.5. The molecule has 1 aromatic carbocycles. The summed E-state index contributed by atoms with van der Waals surface area (Å²) in [6.45, 7) is 8.14. The second-order valence-corrected chi connectivity index (χ2v) is 10.6. The van der Waals surface area contributed by atoms with Crippen LogP contribution in [-0.2, 0) is 25.5 Å². The average Bonchev–Trinajstić information content (AvgIpc) is 3.34. The molecule has 3 aliphatic rings. The predicted octanol–water partition coefficient (Wildman–Crippen LogP) is 5.91. The lowest BCUT2D eigenvalue weighted by Gasteiger charge is -2.33. The van der Waals surface area contributed by atoms with Crippen LogP contribution in [0.3, 0.4) is 0 Å². The summed E-state index contributed by atoms with van der Waals surface area (Å²) < 4.78 is 17.9. The van der Waals surface area contributed by atoms with Gasteiger partial charge in [0.2, 0.25) is 5.91 Å². The van der Waals surface area contributed by atoms with E-state index in [-0.39, 0.29) is 36.2 Å². The first kappa shape index (κ1) is 25.2. The fraction of sp³-hybridized carbons (Fsp3) is 0.586. The molecule has 2 aliphatic heterocycles. The Morgan fingerprint density at radius 3 is 2.75 bits per heavy atom. The van der Waals surface area contributed by atoms with Crippen LogP contribution >= 0.6 is 0 Å². The number of hydrogen-bond donors (Lipinski definition) is 1. The van der Waals surface area contributed by atoms with E-state index in [9.17, 15) is 4.79 Å². The van der Waals surface area contributed by atoms with Gasteiger partial charge in [0.25, 0.3) is 0 Å². The molecular weight excluding hydrogens is 454 g/mol. The number of nitrogens with one attached hydrogen (secondary N) is 1. The van der Waals surface area contributed by atoms with Gasteiger partial charge in [-0.2, -0.15) is 0 Å². The molecule has 2 fully saturated rings. The number of benzene rings is 1. The van der Waals surface area contributed by atoms with E-state index in [1.54, 1.807) is 6.20 Å². The number of carbonyl (C=O) groups is 1. The molecule has 194 valence electrons. The molecule has 0 radical (unpaired) electrons. The maximum Gasteiger partial charge on any atom is 0.230 e. The number of fused-ring (bicyclic) bond motifs is 2. The number of hydrogen-bond acceptors (Lipinski definition) is 6. The number of nitrogens with zero attached hydrogens (tertiary/aromatic N) is 2. The van der Waals surface area contributed by atoms with Crippen LogP contribution < -0.4 is 10.2 Å². The van der Waals surface area contributed by atoms with Crippen molar-refractivity contribution in [3.05, 3.63) is 47.7 Å². The Hall–Kier alpha value is -2.48. The highest BCUT2D eigenvalue weighted by Gasteiger charge is 2.33. The Bertz CT molecular complexity index is 1040. The zero-order valence-corrected chi connectivity index (χ0v) is 21.7. The van der Waals surface area contributed by atoms with Crippen LogP contribution in [0.5, 0.6) is 0 Å². The first-order valence-corrected chi connectivity index (χ1v) is 13.5. The SMILES string of the molecule is CC(C)O[C@H]1CC[C@H](C(=O)N2Cc3cccnc3Nc3ccc(C(C)OC[C@@H]4CCCO4)cc32)CC1. The van der Waals surface area contributed by atoms with Gasteiger partial charge in [-0.1, -0.05) is 12.1 Å². The number of anilines is 3. The van der Waals surface area contributed by atoms with Gasteiger partial charge in [0.15, 0.2) is 0 Å². The van der Waals surface area contributed by atoms with Gasteiger partial charge in [-0.05, 0) is 83.1 Å². The van der Waals surface area contributed by atoms with Crippen molar-refractivity contribution < 1.29 is 19.0 Å². The number of pyridine rings is 1. The van der Waals surface area contributed by atoms with Gasteiger partial charge in [-0.25, -0.2) is 4.98 Å². The van der Waals surface area contributed by atoms with Crippen LogP contribution in [0, 0.1) is 5.92 Å². The fourth-order valence-electron chi connectivity index (χ4n) is 5.56. The van der Waals surface area contributed by atoms with Crippen molar-refractivity contribution in [3.63, 3.8) is 0 Å². The second-order valence-electron chi connectivity index (χ2n) is 10.6. The molecule has 1 N–H and O–H groups in total. The summed E-state index contributed by atoms with van der Waals surface area (Å²) in [5.74, 6) is 0.987. The third kappa shape index (κ3) is 5.74. The highest BCUT2D eigenvalue weighted by molar-refractivity contribution is 5.99. The average molecular weight is 494 g/mol. The fourth-order valence-corrected chi connectivity index (χ4v) is 5.56. The molecule has 1 amide bonds. The molecule has 3 heterocycles. The van der Waals surface area contributed by atoms with Crippen molar-refractivity contribution in [2.75, 3.05) is 23.4 Å². The molecular formula is C29H39N3O4. The van der Waals surface area contributed by atoms with Crippen molar-refractivity contribution in [1.82, 2.24) is 4.98 Å². The smallest absolute Gasteiger partial charge is 0.230 e. The van der Waals surface area contributed by atoms with Crippen LogP contribution in [0.15, 0.2) is 36.5 Å². The maximum absolute atomic E-state index is 14.0. The molecule has 2 aromatic rings. The van der Waals surface area contributed by atoms with Crippen LogP contribution in [0.1, 0.15) is 76.5 Å². The maximum atomic E-state index is 14.0. The number of amides is 1. The van der Waals surface area contributed by atoms with Gasteiger partial charge in [-0.3, -0.25) is 4.79 Å². The lowest BCUT2D eigenvalue weighted by Crippen LogP contribution is -2.38. The number of rotatable bonds is 7. The van der Waals surface area contributed by atoms with Crippen molar-refractivity contribution in [3.8, 4) is 0 Å². The highest BCUT2D eigenvalue weighted by Crippen LogP contribution is 2.39. The summed E-state index contributed by atoms with van der Waals surface area (Å²) in [5, 5.41) is 3.48. The van der Waals surface area contributed by atoms with Crippen LogP contribution in [0.4, 0.5) is 17.2 Å². The summed E-state index contributed by atoms with van der Waals surface area (Å²) >= 11 is 0. The topological polar surface area (TPSA) is 72.9 Å². The summed E-state index contributed by atoms with van der Waals surface area (Å²) in [6.07, 6.45) is 8.08. The van der Waals surface area contributed by atoms with Crippen LogP contribution in [0.2, 0.25) is 0 Å². The lowest BCUT2D eigenvalue weighted by molar-refractivity contribution is -0.124. The number of aromatic nitrogens is 1. The Kier molecular flexibility index (Phi) is 7.89. The highest BCUT2D eigenvalue weighted by atomic mass is 16.5. The third-order valence-corrected chi connectivity index (χ3v) is 7.57. The van der Waals surface area contributed by atoms with E-state index in [4.69, 9.17) is 14.2 Å². The van der Waals surface area contributed by atoms with Crippen molar-refractivity contribution >= 4 is 23.1 Å². The standard InChI is InChI=1S/C29H39N3O4/c1-19(2)36-24-11-8-21(9-12-24)29(33)32-17-23-6-4-14-30-28(23)31-26-13-10-22(16-27(26)32)20(3)35-18-25-7-5-15-34-25/h4,6,10,13-14,16,19-21,24-25H,5,7-9,11-12,15,17-18H2,1-3H3,(H,30,31)/t20?,21-,24-,25-/m0/s1.